The molecule has 0 aliphatic carbocycles. The number of aryl methyl sites for hydroxylation is 1. The summed E-state index contributed by atoms with van der Waals surface area (Å²) in [6.07, 6.45) is 0.867. The van der Waals surface area contributed by atoms with Crippen molar-refractivity contribution in [1.29, 1.82) is 0 Å². The molecule has 0 fully saturated rings. The molecule has 0 aliphatic heterocycles. The van der Waals surface area contributed by atoms with Gasteiger partial charge in [-0.3, -0.25) is 0 Å². The number of halogens is 1. The molecule has 0 unspecified atom stereocenters. The van der Waals surface area contributed by atoms with E-state index in [1.165, 1.54) is 5.56 Å². The van der Waals surface area contributed by atoms with Crippen LogP contribution in [0.1, 0.15) is 17.5 Å². The summed E-state index contributed by atoms with van der Waals surface area (Å²) >= 11 is 0. The van der Waals surface area contributed by atoms with Crippen LogP contribution >= 0.6 is 24.0 Å². The molecule has 0 radical (unpaired) electrons. The number of nitrogens with one attached hydrogen (secondary N) is 1. The van der Waals surface area contributed by atoms with E-state index in [1.807, 2.05) is 55.5 Å². The van der Waals surface area contributed by atoms with Crippen molar-refractivity contribution in [3.8, 4) is 5.75 Å². The van der Waals surface area contributed by atoms with Crippen LogP contribution in [0.25, 0.3) is 0 Å². The van der Waals surface area contributed by atoms with Crippen molar-refractivity contribution < 1.29 is 9.47 Å². The second kappa shape index (κ2) is 11.7. The number of ether oxygens (including phenoxy) is 2. The Bertz CT molecular complexity index is 660. The third-order valence-corrected chi connectivity index (χ3v) is 3.42. The summed E-state index contributed by atoms with van der Waals surface area (Å²) in [7, 11) is 1.69. The van der Waals surface area contributed by atoms with Crippen LogP contribution in [0.4, 0.5) is 5.69 Å². The predicted molar refractivity (Wildman–Crippen MR) is 114 cm³/mol. The Hall–Kier alpha value is -1.80. The summed E-state index contributed by atoms with van der Waals surface area (Å²) in [4.78, 5) is 4.37. The maximum atomic E-state index is 5.94. The van der Waals surface area contributed by atoms with Crippen LogP contribution in [-0.4, -0.2) is 26.3 Å². The van der Waals surface area contributed by atoms with Crippen molar-refractivity contribution >= 4 is 35.6 Å². The lowest BCUT2D eigenvalue weighted by Crippen LogP contribution is -2.22. The van der Waals surface area contributed by atoms with E-state index in [1.54, 1.807) is 7.11 Å². The van der Waals surface area contributed by atoms with Gasteiger partial charge >= 0.3 is 0 Å². The number of hydrogen-bond donors (Lipinski definition) is 2. The normalized spacial score (nSPS) is 10.9. The Morgan fingerprint density at radius 1 is 1.12 bits per heavy atom. The van der Waals surface area contributed by atoms with Gasteiger partial charge in [0.25, 0.3) is 0 Å². The number of hydrogen-bond acceptors (Lipinski definition) is 3. The highest BCUT2D eigenvalue weighted by atomic mass is 127. The molecule has 0 amide bonds. The summed E-state index contributed by atoms with van der Waals surface area (Å²) in [5, 5.41) is 3.08. The third kappa shape index (κ3) is 8.22. The van der Waals surface area contributed by atoms with Gasteiger partial charge in [-0.15, -0.1) is 24.0 Å². The number of aliphatic imine (C=N–C) groups is 1. The number of benzene rings is 2. The van der Waals surface area contributed by atoms with E-state index in [9.17, 15) is 0 Å². The molecule has 25 heavy (non-hydrogen) atoms. The second-order valence-corrected chi connectivity index (χ2v) is 5.53. The largest absolute Gasteiger partial charge is 0.493 e. The summed E-state index contributed by atoms with van der Waals surface area (Å²) in [5.74, 6) is 1.23. The van der Waals surface area contributed by atoms with Gasteiger partial charge in [0, 0.05) is 25.8 Å². The molecule has 136 valence electrons. The average molecular weight is 455 g/mol. The van der Waals surface area contributed by atoms with Gasteiger partial charge in [-0.2, -0.15) is 0 Å². The minimum absolute atomic E-state index is 0. The Morgan fingerprint density at radius 2 is 1.88 bits per heavy atom. The van der Waals surface area contributed by atoms with Crippen LogP contribution < -0.4 is 15.8 Å². The van der Waals surface area contributed by atoms with Gasteiger partial charge in [-0.1, -0.05) is 29.8 Å². The fraction of sp³-hybridized carbons (Fsp3) is 0.316. The molecular formula is C19H26IN3O2. The van der Waals surface area contributed by atoms with Crippen molar-refractivity contribution in [3.05, 3.63) is 59.7 Å². The van der Waals surface area contributed by atoms with Gasteiger partial charge in [-0.25, -0.2) is 4.99 Å². The number of nitrogens with zero attached hydrogens (tertiary/aromatic N) is 1. The Kier molecular flexibility index (Phi) is 9.94. The zero-order chi connectivity index (χ0) is 17.2. The zero-order valence-corrected chi connectivity index (χ0v) is 17.0. The van der Waals surface area contributed by atoms with Crippen LogP contribution in [0.3, 0.4) is 0 Å². The Balaban J connectivity index is 0.00000312. The highest BCUT2D eigenvalue weighted by Gasteiger charge is 1.99. The fourth-order valence-electron chi connectivity index (χ4n) is 2.13. The Labute approximate surface area is 166 Å². The van der Waals surface area contributed by atoms with Gasteiger partial charge in [0.2, 0.25) is 0 Å². The van der Waals surface area contributed by atoms with Crippen LogP contribution in [-0.2, 0) is 11.3 Å². The van der Waals surface area contributed by atoms with Crippen LogP contribution in [0.15, 0.2) is 53.5 Å². The highest BCUT2D eigenvalue weighted by molar-refractivity contribution is 14.0. The maximum absolute atomic E-state index is 5.94. The zero-order valence-electron chi connectivity index (χ0n) is 14.7. The standard InChI is InChI=1S/C19H25N3O2.HI/c1-15-7-9-17(10-8-15)22-19(20)21-14-16-5-3-6-18(13-16)24-12-4-11-23-2;/h3,5-10,13H,4,11-12,14H2,1-2H3,(H3,20,21,22);1H. The van der Waals surface area contributed by atoms with Crippen molar-refractivity contribution in [3.63, 3.8) is 0 Å². The van der Waals surface area contributed by atoms with Crippen LogP contribution in [0, 0.1) is 6.92 Å². The number of anilines is 1. The molecule has 0 heterocycles. The summed E-state index contributed by atoms with van der Waals surface area (Å²) in [6, 6.07) is 15.9. The van der Waals surface area contributed by atoms with Gasteiger partial charge in [0.1, 0.15) is 5.75 Å². The second-order valence-electron chi connectivity index (χ2n) is 5.53. The van der Waals surface area contributed by atoms with Crippen molar-refractivity contribution in [1.82, 2.24) is 0 Å². The number of rotatable bonds is 8. The summed E-state index contributed by atoms with van der Waals surface area (Å²) in [6.45, 7) is 3.88. The van der Waals surface area contributed by atoms with E-state index in [0.29, 0.717) is 25.7 Å². The first kappa shape index (κ1) is 21.2. The van der Waals surface area contributed by atoms with Gasteiger partial charge < -0.3 is 20.5 Å². The third-order valence-electron chi connectivity index (χ3n) is 3.42. The number of methoxy groups -OCH3 is 1. The summed E-state index contributed by atoms with van der Waals surface area (Å²) in [5.41, 5.74) is 9.12. The first-order chi connectivity index (χ1) is 11.7. The number of nitrogens with two attached hydrogens (primary N) is 1. The molecule has 0 atom stereocenters. The molecule has 0 aliphatic rings. The van der Waals surface area contributed by atoms with E-state index in [2.05, 4.69) is 10.3 Å². The average Bonchev–Trinajstić information content (AvgIpc) is 2.59. The maximum Gasteiger partial charge on any atom is 0.193 e. The monoisotopic (exact) mass is 455 g/mol. The summed E-state index contributed by atoms with van der Waals surface area (Å²) < 4.78 is 10.7. The smallest absolute Gasteiger partial charge is 0.193 e. The molecule has 2 aromatic rings. The SMILES string of the molecule is COCCCOc1cccc(CN=C(N)Nc2ccc(C)cc2)c1.I. The van der Waals surface area contributed by atoms with Gasteiger partial charge in [-0.05, 0) is 36.8 Å². The molecule has 0 spiro atoms. The highest BCUT2D eigenvalue weighted by Crippen LogP contribution is 2.14. The quantitative estimate of drug-likeness (QED) is 0.274. The minimum Gasteiger partial charge on any atom is -0.493 e. The Morgan fingerprint density at radius 3 is 2.60 bits per heavy atom. The first-order valence-corrected chi connectivity index (χ1v) is 8.01. The van der Waals surface area contributed by atoms with E-state index in [-0.39, 0.29) is 24.0 Å². The molecule has 0 saturated heterocycles. The molecule has 2 rings (SSSR count). The number of guanidine groups is 1. The van der Waals surface area contributed by atoms with Crippen molar-refractivity contribution in [2.45, 2.75) is 19.9 Å². The molecule has 3 N–H and O–H groups in total. The molecule has 0 saturated carbocycles. The lowest BCUT2D eigenvalue weighted by atomic mass is 10.2. The van der Waals surface area contributed by atoms with Crippen LogP contribution in [0.5, 0.6) is 5.75 Å². The molecule has 6 heteroatoms. The molecule has 0 bridgehead atoms. The fourth-order valence-corrected chi connectivity index (χ4v) is 2.13. The van der Waals surface area contributed by atoms with Gasteiger partial charge in [0.15, 0.2) is 5.96 Å². The van der Waals surface area contributed by atoms with Crippen LogP contribution in [0.2, 0.25) is 0 Å². The molecule has 2 aromatic carbocycles. The lowest BCUT2D eigenvalue weighted by molar-refractivity contribution is 0.172. The van der Waals surface area contributed by atoms with Crippen molar-refractivity contribution in [2.75, 3.05) is 25.6 Å². The first-order valence-electron chi connectivity index (χ1n) is 8.01. The minimum atomic E-state index is 0. The lowest BCUT2D eigenvalue weighted by Gasteiger charge is -2.08. The topological polar surface area (TPSA) is 68.9 Å². The van der Waals surface area contributed by atoms with E-state index >= 15 is 0 Å². The van der Waals surface area contributed by atoms with E-state index in [4.69, 9.17) is 15.2 Å². The molecule has 0 aromatic heterocycles. The van der Waals surface area contributed by atoms with Gasteiger partial charge in [0.05, 0.1) is 13.2 Å². The predicted octanol–water partition coefficient (Wildman–Crippen LogP) is 3.96. The van der Waals surface area contributed by atoms with E-state index in [0.717, 1.165) is 23.4 Å². The molecule has 5 nitrogen and oxygen atoms in total. The molecular weight excluding hydrogens is 429 g/mol. The van der Waals surface area contributed by atoms with Crippen molar-refractivity contribution in [2.24, 2.45) is 10.7 Å². The van der Waals surface area contributed by atoms with E-state index < -0.39 is 0 Å².